The summed E-state index contributed by atoms with van der Waals surface area (Å²) in [6, 6.07) is 6.74. The highest BCUT2D eigenvalue weighted by Gasteiger charge is 2.16. The second-order valence-corrected chi connectivity index (χ2v) is 6.10. The SMILES string of the molecule is Cc1ccc(NC(=O)c2cc(C)sc2C)c(C(=O)O)c1. The first-order chi connectivity index (χ1) is 9.38. The van der Waals surface area contributed by atoms with E-state index in [1.54, 1.807) is 29.5 Å². The van der Waals surface area contributed by atoms with Crippen LogP contribution in [0.25, 0.3) is 0 Å². The molecule has 0 radical (unpaired) electrons. The van der Waals surface area contributed by atoms with Crippen molar-refractivity contribution < 1.29 is 14.7 Å². The minimum absolute atomic E-state index is 0.1000. The molecule has 0 bridgehead atoms. The van der Waals surface area contributed by atoms with Crippen LogP contribution in [0.5, 0.6) is 0 Å². The van der Waals surface area contributed by atoms with Crippen molar-refractivity contribution in [2.75, 3.05) is 5.32 Å². The summed E-state index contributed by atoms with van der Waals surface area (Å²) in [5.74, 6) is -1.33. The van der Waals surface area contributed by atoms with Gasteiger partial charge in [0.25, 0.3) is 5.91 Å². The molecular formula is C15H15NO3S. The van der Waals surface area contributed by atoms with E-state index in [1.807, 2.05) is 26.8 Å². The highest BCUT2D eigenvalue weighted by Crippen LogP contribution is 2.23. The predicted octanol–water partition coefficient (Wildman–Crippen LogP) is 3.62. The number of rotatable bonds is 3. The molecule has 4 nitrogen and oxygen atoms in total. The van der Waals surface area contributed by atoms with Crippen LogP contribution in [0.4, 0.5) is 5.69 Å². The summed E-state index contributed by atoms with van der Waals surface area (Å²) < 4.78 is 0. The molecule has 0 unspecified atom stereocenters. The topological polar surface area (TPSA) is 66.4 Å². The van der Waals surface area contributed by atoms with E-state index in [0.717, 1.165) is 15.3 Å². The summed E-state index contributed by atoms with van der Waals surface area (Å²) in [5, 5.41) is 11.9. The summed E-state index contributed by atoms with van der Waals surface area (Å²) in [6.45, 7) is 5.62. The smallest absolute Gasteiger partial charge is 0.337 e. The largest absolute Gasteiger partial charge is 0.478 e. The lowest BCUT2D eigenvalue weighted by Gasteiger charge is -2.09. The van der Waals surface area contributed by atoms with Gasteiger partial charge in [-0.15, -0.1) is 11.3 Å². The fourth-order valence-corrected chi connectivity index (χ4v) is 2.91. The number of nitrogens with one attached hydrogen (secondary N) is 1. The van der Waals surface area contributed by atoms with Gasteiger partial charge < -0.3 is 10.4 Å². The number of carboxylic acids is 1. The van der Waals surface area contributed by atoms with Gasteiger partial charge in [0.15, 0.2) is 0 Å². The number of aryl methyl sites for hydroxylation is 3. The Kier molecular flexibility index (Phi) is 3.90. The van der Waals surface area contributed by atoms with E-state index >= 15 is 0 Å². The molecule has 0 aliphatic rings. The van der Waals surface area contributed by atoms with Gasteiger partial charge in [0, 0.05) is 9.75 Å². The first-order valence-corrected chi connectivity index (χ1v) is 6.92. The summed E-state index contributed by atoms with van der Waals surface area (Å²) in [6.07, 6.45) is 0. The minimum Gasteiger partial charge on any atom is -0.478 e. The van der Waals surface area contributed by atoms with Gasteiger partial charge in [0.1, 0.15) is 0 Å². The van der Waals surface area contributed by atoms with Crippen molar-refractivity contribution in [2.45, 2.75) is 20.8 Å². The zero-order chi connectivity index (χ0) is 14.9. The van der Waals surface area contributed by atoms with Crippen LogP contribution in [0.2, 0.25) is 0 Å². The number of thiophene rings is 1. The minimum atomic E-state index is -1.05. The van der Waals surface area contributed by atoms with E-state index in [4.69, 9.17) is 0 Å². The zero-order valence-electron chi connectivity index (χ0n) is 11.5. The van der Waals surface area contributed by atoms with E-state index in [2.05, 4.69) is 5.32 Å². The van der Waals surface area contributed by atoms with E-state index < -0.39 is 5.97 Å². The van der Waals surface area contributed by atoms with Gasteiger partial charge in [0.2, 0.25) is 0 Å². The van der Waals surface area contributed by atoms with E-state index in [0.29, 0.717) is 11.3 Å². The van der Waals surface area contributed by atoms with Gasteiger partial charge >= 0.3 is 5.97 Å². The maximum absolute atomic E-state index is 12.2. The lowest BCUT2D eigenvalue weighted by molar-refractivity contribution is 0.0698. The summed E-state index contributed by atoms with van der Waals surface area (Å²) >= 11 is 1.54. The molecule has 0 aliphatic heterocycles. The van der Waals surface area contributed by atoms with Crippen molar-refractivity contribution in [1.29, 1.82) is 0 Å². The Morgan fingerprint density at radius 3 is 2.35 bits per heavy atom. The van der Waals surface area contributed by atoms with Gasteiger partial charge in [-0.25, -0.2) is 4.79 Å². The highest BCUT2D eigenvalue weighted by molar-refractivity contribution is 7.12. The molecule has 1 aromatic carbocycles. The Morgan fingerprint density at radius 2 is 1.80 bits per heavy atom. The normalized spacial score (nSPS) is 10.3. The lowest BCUT2D eigenvalue weighted by atomic mass is 10.1. The number of amides is 1. The first kappa shape index (κ1) is 14.3. The van der Waals surface area contributed by atoms with Crippen molar-refractivity contribution in [2.24, 2.45) is 0 Å². The van der Waals surface area contributed by atoms with Crippen molar-refractivity contribution in [1.82, 2.24) is 0 Å². The van der Waals surface area contributed by atoms with Crippen LogP contribution in [0.15, 0.2) is 24.3 Å². The maximum Gasteiger partial charge on any atom is 0.337 e. The molecule has 0 fully saturated rings. The quantitative estimate of drug-likeness (QED) is 0.906. The van der Waals surface area contributed by atoms with Crippen molar-refractivity contribution in [3.63, 3.8) is 0 Å². The fourth-order valence-electron chi connectivity index (χ4n) is 1.99. The Hall–Kier alpha value is -2.14. The van der Waals surface area contributed by atoms with Gasteiger partial charge in [-0.1, -0.05) is 11.6 Å². The van der Waals surface area contributed by atoms with E-state index in [1.165, 1.54) is 0 Å². The van der Waals surface area contributed by atoms with Crippen molar-refractivity contribution in [3.8, 4) is 0 Å². The third kappa shape index (κ3) is 2.88. The number of carbonyl (C=O) groups is 2. The lowest BCUT2D eigenvalue weighted by Crippen LogP contribution is -2.15. The van der Waals surface area contributed by atoms with Crippen LogP contribution in [-0.4, -0.2) is 17.0 Å². The highest BCUT2D eigenvalue weighted by atomic mass is 32.1. The molecule has 1 heterocycles. The molecule has 1 aromatic heterocycles. The maximum atomic E-state index is 12.2. The molecule has 2 N–H and O–H groups in total. The van der Waals surface area contributed by atoms with Gasteiger partial charge in [-0.3, -0.25) is 4.79 Å². The Balaban J connectivity index is 2.33. The van der Waals surface area contributed by atoms with Crippen LogP contribution >= 0.6 is 11.3 Å². The van der Waals surface area contributed by atoms with Gasteiger partial charge in [-0.05, 0) is 39.0 Å². The number of anilines is 1. The van der Waals surface area contributed by atoms with Crippen LogP contribution < -0.4 is 5.32 Å². The van der Waals surface area contributed by atoms with Crippen molar-refractivity contribution in [3.05, 3.63) is 50.7 Å². The molecule has 1 amide bonds. The summed E-state index contributed by atoms with van der Waals surface area (Å²) in [4.78, 5) is 25.4. The second kappa shape index (κ2) is 5.46. The van der Waals surface area contributed by atoms with Crippen LogP contribution in [0.3, 0.4) is 0 Å². The molecule has 0 spiro atoms. The standard InChI is InChI=1S/C15H15NO3S/c1-8-4-5-13(12(6-8)15(18)19)16-14(17)11-7-9(2)20-10(11)3/h4-7H,1-3H3,(H,16,17)(H,18,19). The molecule has 2 aromatic rings. The molecule has 20 heavy (non-hydrogen) atoms. The summed E-state index contributed by atoms with van der Waals surface area (Å²) in [5.41, 5.74) is 1.84. The molecule has 0 saturated carbocycles. The molecule has 104 valence electrons. The molecule has 0 saturated heterocycles. The van der Waals surface area contributed by atoms with Gasteiger partial charge in [-0.2, -0.15) is 0 Å². The molecule has 0 atom stereocenters. The Morgan fingerprint density at radius 1 is 1.10 bits per heavy atom. The number of hydrogen-bond acceptors (Lipinski definition) is 3. The number of hydrogen-bond donors (Lipinski definition) is 2. The second-order valence-electron chi connectivity index (χ2n) is 4.64. The van der Waals surface area contributed by atoms with Gasteiger partial charge in [0.05, 0.1) is 16.8 Å². The summed E-state index contributed by atoms with van der Waals surface area (Å²) in [7, 11) is 0. The number of benzene rings is 1. The molecule has 5 heteroatoms. The average Bonchev–Trinajstić information content (AvgIpc) is 2.70. The van der Waals surface area contributed by atoms with E-state index in [-0.39, 0.29) is 11.5 Å². The van der Waals surface area contributed by atoms with Crippen LogP contribution in [0, 0.1) is 20.8 Å². The first-order valence-electron chi connectivity index (χ1n) is 6.11. The molecule has 2 rings (SSSR count). The Bertz CT molecular complexity index is 688. The third-order valence-corrected chi connectivity index (χ3v) is 3.91. The zero-order valence-corrected chi connectivity index (χ0v) is 12.3. The average molecular weight is 289 g/mol. The Labute approximate surface area is 121 Å². The molecular weight excluding hydrogens is 274 g/mol. The number of carboxylic acid groups (broad SMARTS) is 1. The third-order valence-electron chi connectivity index (χ3n) is 2.94. The number of aromatic carboxylic acids is 1. The fraction of sp³-hybridized carbons (Fsp3) is 0.200. The van der Waals surface area contributed by atoms with Crippen LogP contribution in [0.1, 0.15) is 36.0 Å². The number of carbonyl (C=O) groups excluding carboxylic acids is 1. The van der Waals surface area contributed by atoms with E-state index in [9.17, 15) is 14.7 Å². The van der Waals surface area contributed by atoms with Crippen LogP contribution in [-0.2, 0) is 0 Å². The molecule has 0 aliphatic carbocycles. The predicted molar refractivity (Wildman–Crippen MR) is 79.9 cm³/mol. The van der Waals surface area contributed by atoms with Crippen molar-refractivity contribution >= 4 is 28.9 Å². The monoisotopic (exact) mass is 289 g/mol.